The fourth-order valence-electron chi connectivity index (χ4n) is 7.95. The summed E-state index contributed by atoms with van der Waals surface area (Å²) in [6.45, 7) is 1.85. The number of aromatic carboxylic acids is 1. The second-order valence-electron chi connectivity index (χ2n) is 12.0. The minimum absolute atomic E-state index is 0.214. The molecular formula is C32H35NO4S. The van der Waals surface area contributed by atoms with Crippen molar-refractivity contribution in [1.29, 1.82) is 0 Å². The highest BCUT2D eigenvalue weighted by atomic mass is 32.1. The van der Waals surface area contributed by atoms with Gasteiger partial charge in [0, 0.05) is 25.0 Å². The lowest BCUT2D eigenvalue weighted by Crippen LogP contribution is -2.48. The van der Waals surface area contributed by atoms with Crippen molar-refractivity contribution in [3.63, 3.8) is 0 Å². The van der Waals surface area contributed by atoms with Gasteiger partial charge in [0.25, 0.3) is 5.17 Å². The summed E-state index contributed by atoms with van der Waals surface area (Å²) in [5.41, 5.74) is 4.71. The Kier molecular flexibility index (Phi) is 6.14. The van der Waals surface area contributed by atoms with Crippen LogP contribution < -0.4 is 9.47 Å². The molecule has 3 aromatic rings. The van der Waals surface area contributed by atoms with Crippen LogP contribution in [-0.4, -0.2) is 42.4 Å². The first-order valence-electron chi connectivity index (χ1n) is 13.6. The van der Waals surface area contributed by atoms with E-state index in [9.17, 15) is 9.90 Å². The molecule has 0 atom stereocenters. The number of carboxylic acid groups (broad SMARTS) is 1. The Bertz CT molecular complexity index is 1420. The van der Waals surface area contributed by atoms with Crippen LogP contribution in [0.1, 0.15) is 60.0 Å². The Balaban J connectivity index is 1.47. The van der Waals surface area contributed by atoms with Crippen molar-refractivity contribution in [2.75, 3.05) is 21.2 Å². The van der Waals surface area contributed by atoms with E-state index in [1.54, 1.807) is 18.1 Å². The minimum Gasteiger partial charge on any atom is -0.496 e. The van der Waals surface area contributed by atoms with Crippen molar-refractivity contribution in [1.82, 2.24) is 4.90 Å². The molecule has 1 N–H and O–H groups in total. The van der Waals surface area contributed by atoms with E-state index in [1.165, 1.54) is 44.1 Å². The average Bonchev–Trinajstić information content (AvgIpc) is 2.88. The summed E-state index contributed by atoms with van der Waals surface area (Å²) in [7, 11) is 5.41. The summed E-state index contributed by atoms with van der Waals surface area (Å²) in [5.74, 6) is 3.02. The number of fused-ring (bicyclic) bond motifs is 1. The van der Waals surface area contributed by atoms with E-state index in [0.29, 0.717) is 11.3 Å². The molecule has 0 aliphatic heterocycles. The highest BCUT2D eigenvalue weighted by molar-refractivity contribution is 7.80. The standard InChI is InChI=1S/C32H35NO4S/c1-18-24-7-5-22(12-26(24)29(14-25(18)30(34)35)37-31(38)33(2)3)23-6-8-28(36-4)27(13-23)32-15-19-9-20(16-32)11-21(10-19)17-32/h5-8,12-14,19-21H,9-11,15-17H2,1-4H3,(H,34,35). The lowest BCUT2D eigenvalue weighted by Gasteiger charge is -2.57. The number of thiocarbonyl (C=S) groups is 1. The van der Waals surface area contributed by atoms with E-state index in [1.807, 2.05) is 27.1 Å². The number of hydrogen-bond acceptors (Lipinski definition) is 4. The van der Waals surface area contributed by atoms with Crippen LogP contribution in [-0.2, 0) is 5.41 Å². The van der Waals surface area contributed by atoms with E-state index in [-0.39, 0.29) is 16.2 Å². The van der Waals surface area contributed by atoms with Crippen LogP contribution in [0.2, 0.25) is 0 Å². The summed E-state index contributed by atoms with van der Waals surface area (Å²) in [6.07, 6.45) is 8.03. The summed E-state index contributed by atoms with van der Waals surface area (Å²) in [5, 5.41) is 11.8. The second kappa shape index (κ2) is 9.26. The van der Waals surface area contributed by atoms with Crippen LogP contribution in [0.4, 0.5) is 0 Å². The maximum atomic E-state index is 12.0. The maximum absolute atomic E-state index is 12.0. The molecule has 0 spiro atoms. The van der Waals surface area contributed by atoms with Crippen molar-refractivity contribution in [2.45, 2.75) is 50.9 Å². The van der Waals surface area contributed by atoms with Gasteiger partial charge in [0.05, 0.1) is 12.7 Å². The number of hydrogen-bond donors (Lipinski definition) is 1. The fraction of sp³-hybridized carbons (Fsp3) is 0.438. The zero-order valence-electron chi connectivity index (χ0n) is 22.5. The quantitative estimate of drug-likeness (QED) is 0.352. The van der Waals surface area contributed by atoms with E-state index in [4.69, 9.17) is 21.7 Å². The first-order chi connectivity index (χ1) is 18.2. The van der Waals surface area contributed by atoms with Gasteiger partial charge in [0.2, 0.25) is 0 Å². The first kappa shape index (κ1) is 25.2. The van der Waals surface area contributed by atoms with Crippen LogP contribution in [0.3, 0.4) is 0 Å². The molecule has 0 amide bonds. The van der Waals surface area contributed by atoms with Gasteiger partial charge in [-0.1, -0.05) is 18.2 Å². The van der Waals surface area contributed by atoms with Gasteiger partial charge < -0.3 is 19.5 Å². The largest absolute Gasteiger partial charge is 0.496 e. The van der Waals surface area contributed by atoms with Gasteiger partial charge in [-0.3, -0.25) is 0 Å². The monoisotopic (exact) mass is 529 g/mol. The molecule has 0 radical (unpaired) electrons. The SMILES string of the molecule is COc1ccc(-c2ccc3c(C)c(C(=O)O)cc(OC(=S)N(C)C)c3c2)cc1C12CC3CC(CC(C3)C1)C2. The molecule has 0 aromatic heterocycles. The Hall–Kier alpha value is -3.12. The molecule has 0 saturated heterocycles. The number of ether oxygens (including phenoxy) is 2. The van der Waals surface area contributed by atoms with Crippen LogP contribution >= 0.6 is 12.2 Å². The third kappa shape index (κ3) is 4.14. The Morgan fingerprint density at radius 1 is 0.921 bits per heavy atom. The molecule has 6 heteroatoms. The van der Waals surface area contributed by atoms with Crippen LogP contribution in [0.15, 0.2) is 42.5 Å². The normalized spacial score (nSPS) is 25.4. The summed E-state index contributed by atoms with van der Waals surface area (Å²) in [4.78, 5) is 13.7. The molecule has 0 heterocycles. The summed E-state index contributed by atoms with van der Waals surface area (Å²) < 4.78 is 12.0. The molecule has 4 bridgehead atoms. The number of rotatable bonds is 5. The third-order valence-corrected chi connectivity index (χ3v) is 9.75. The highest BCUT2D eigenvalue weighted by Crippen LogP contribution is 2.62. The number of methoxy groups -OCH3 is 1. The third-order valence-electron chi connectivity index (χ3n) is 9.30. The van der Waals surface area contributed by atoms with E-state index < -0.39 is 5.97 Å². The van der Waals surface area contributed by atoms with E-state index in [2.05, 4.69) is 30.3 Å². The van der Waals surface area contributed by atoms with Crippen LogP contribution in [0, 0.1) is 24.7 Å². The van der Waals surface area contributed by atoms with Crippen molar-refractivity contribution in [2.24, 2.45) is 17.8 Å². The van der Waals surface area contributed by atoms with Gasteiger partial charge in [-0.2, -0.15) is 0 Å². The predicted octanol–water partition coefficient (Wildman–Crippen LogP) is 7.22. The summed E-state index contributed by atoms with van der Waals surface area (Å²) in [6, 6.07) is 14.4. The van der Waals surface area contributed by atoms with Gasteiger partial charge in [-0.05, 0) is 127 Å². The predicted molar refractivity (Wildman–Crippen MR) is 154 cm³/mol. The second-order valence-corrected chi connectivity index (χ2v) is 12.3. The molecular weight excluding hydrogens is 494 g/mol. The Labute approximate surface area is 229 Å². The first-order valence-corrected chi connectivity index (χ1v) is 14.0. The molecule has 0 unspecified atom stereocenters. The maximum Gasteiger partial charge on any atom is 0.336 e. The highest BCUT2D eigenvalue weighted by Gasteiger charge is 2.52. The van der Waals surface area contributed by atoms with Gasteiger partial charge >= 0.3 is 5.97 Å². The molecule has 4 fully saturated rings. The molecule has 5 nitrogen and oxygen atoms in total. The van der Waals surface area contributed by atoms with Crippen molar-refractivity contribution < 1.29 is 19.4 Å². The molecule has 4 saturated carbocycles. The van der Waals surface area contributed by atoms with Crippen molar-refractivity contribution in [3.8, 4) is 22.6 Å². The summed E-state index contributed by atoms with van der Waals surface area (Å²) >= 11 is 5.40. The molecule has 4 aliphatic rings. The zero-order chi connectivity index (χ0) is 26.8. The van der Waals surface area contributed by atoms with Crippen molar-refractivity contribution in [3.05, 3.63) is 59.2 Å². The Morgan fingerprint density at radius 3 is 2.11 bits per heavy atom. The van der Waals surface area contributed by atoms with Gasteiger partial charge in [-0.25, -0.2) is 4.79 Å². The van der Waals surface area contributed by atoms with E-state index >= 15 is 0 Å². The lowest BCUT2D eigenvalue weighted by atomic mass is 9.48. The van der Waals surface area contributed by atoms with Gasteiger partial charge in [-0.15, -0.1) is 0 Å². The number of carboxylic acids is 1. The molecule has 3 aromatic carbocycles. The Morgan fingerprint density at radius 2 is 1.53 bits per heavy atom. The average molecular weight is 530 g/mol. The topological polar surface area (TPSA) is 59.0 Å². The zero-order valence-corrected chi connectivity index (χ0v) is 23.4. The molecule has 7 rings (SSSR count). The molecule has 4 aliphatic carbocycles. The van der Waals surface area contributed by atoms with Crippen molar-refractivity contribution >= 4 is 34.1 Å². The van der Waals surface area contributed by atoms with Gasteiger partial charge in [0.15, 0.2) is 0 Å². The van der Waals surface area contributed by atoms with E-state index in [0.717, 1.165) is 45.4 Å². The van der Waals surface area contributed by atoms with Crippen LogP contribution in [0.5, 0.6) is 11.5 Å². The smallest absolute Gasteiger partial charge is 0.336 e. The lowest BCUT2D eigenvalue weighted by molar-refractivity contribution is -0.00613. The number of benzene rings is 3. The number of nitrogens with zero attached hydrogens (tertiary/aromatic N) is 1. The number of carbonyl (C=O) groups is 1. The minimum atomic E-state index is -0.982. The van der Waals surface area contributed by atoms with Gasteiger partial charge in [0.1, 0.15) is 11.5 Å². The fourth-order valence-corrected chi connectivity index (χ4v) is 8.04. The molecule has 198 valence electrons. The number of aryl methyl sites for hydroxylation is 1. The van der Waals surface area contributed by atoms with Crippen LogP contribution in [0.25, 0.3) is 21.9 Å². The molecule has 38 heavy (non-hydrogen) atoms.